The molecule has 4 nitrogen and oxygen atoms in total. The minimum atomic E-state index is -0.0430. The molecule has 1 N–H and O–H groups in total. The molecule has 2 aromatic rings. The molecule has 0 aromatic heterocycles. The van der Waals surface area contributed by atoms with Gasteiger partial charge in [-0.1, -0.05) is 24.3 Å². The molecule has 0 saturated heterocycles. The fourth-order valence-electron chi connectivity index (χ4n) is 2.32. The maximum atomic E-state index is 12.2. The molecule has 1 aliphatic heterocycles. The number of para-hydroxylation sites is 3. The maximum Gasteiger partial charge on any atom is 0.243 e. The van der Waals surface area contributed by atoms with Gasteiger partial charge in [-0.05, 0) is 40.2 Å². The van der Waals surface area contributed by atoms with E-state index < -0.39 is 0 Å². The molecule has 0 saturated carbocycles. The van der Waals surface area contributed by atoms with E-state index in [1.807, 2.05) is 53.4 Å². The van der Waals surface area contributed by atoms with E-state index in [4.69, 9.17) is 4.74 Å². The van der Waals surface area contributed by atoms with E-state index >= 15 is 0 Å². The highest BCUT2D eigenvalue weighted by Gasteiger charge is 2.19. The Balaban J connectivity index is 1.70. The molecule has 1 heterocycles. The van der Waals surface area contributed by atoms with Gasteiger partial charge in [0.1, 0.15) is 12.4 Å². The number of nitrogens with one attached hydrogen (secondary N) is 1. The zero-order valence-electron chi connectivity index (χ0n) is 11.4. The van der Waals surface area contributed by atoms with Crippen LogP contribution in [-0.4, -0.2) is 25.6 Å². The smallest absolute Gasteiger partial charge is 0.243 e. The van der Waals surface area contributed by atoms with Crippen LogP contribution in [-0.2, 0) is 4.79 Å². The second-order valence-corrected chi connectivity index (χ2v) is 5.62. The quantitative estimate of drug-likeness (QED) is 0.927. The van der Waals surface area contributed by atoms with Gasteiger partial charge in [0.15, 0.2) is 0 Å². The van der Waals surface area contributed by atoms with Crippen LogP contribution in [0.3, 0.4) is 0 Å². The number of hydrogen-bond donors (Lipinski definition) is 1. The Morgan fingerprint density at radius 2 is 1.95 bits per heavy atom. The lowest BCUT2D eigenvalue weighted by Crippen LogP contribution is -2.38. The molecule has 5 heteroatoms. The molecular weight excluding hydrogens is 332 g/mol. The first-order valence-corrected chi connectivity index (χ1v) is 7.54. The van der Waals surface area contributed by atoms with Crippen LogP contribution >= 0.6 is 15.9 Å². The minimum Gasteiger partial charge on any atom is -0.490 e. The molecule has 0 fully saturated rings. The number of halogens is 1. The van der Waals surface area contributed by atoms with Crippen LogP contribution in [0.5, 0.6) is 5.75 Å². The minimum absolute atomic E-state index is 0.0430. The van der Waals surface area contributed by atoms with Crippen molar-refractivity contribution in [3.05, 3.63) is 53.0 Å². The number of amides is 1. The standard InChI is InChI=1S/C16H15BrN2O2/c17-12-5-1-2-6-13(12)18-16(20)11-19-9-10-21-15-8-4-3-7-14(15)19/h1-8H,9-11H2,(H,18,20). The van der Waals surface area contributed by atoms with Gasteiger partial charge < -0.3 is 15.0 Å². The molecule has 0 unspecified atom stereocenters. The zero-order chi connectivity index (χ0) is 14.7. The second kappa shape index (κ2) is 6.18. The number of anilines is 2. The highest BCUT2D eigenvalue weighted by atomic mass is 79.9. The molecule has 0 radical (unpaired) electrons. The van der Waals surface area contributed by atoms with E-state index in [2.05, 4.69) is 21.2 Å². The molecule has 0 spiro atoms. The number of carbonyl (C=O) groups is 1. The summed E-state index contributed by atoms with van der Waals surface area (Å²) in [7, 11) is 0. The Hall–Kier alpha value is -2.01. The van der Waals surface area contributed by atoms with E-state index in [1.165, 1.54) is 0 Å². The van der Waals surface area contributed by atoms with Crippen LogP contribution in [0.1, 0.15) is 0 Å². The summed E-state index contributed by atoms with van der Waals surface area (Å²) in [6, 6.07) is 15.4. The van der Waals surface area contributed by atoms with Crippen molar-refractivity contribution < 1.29 is 9.53 Å². The average molecular weight is 347 g/mol. The number of rotatable bonds is 3. The number of fused-ring (bicyclic) bond motifs is 1. The van der Waals surface area contributed by atoms with Gasteiger partial charge in [0.25, 0.3) is 0 Å². The molecule has 1 aliphatic rings. The van der Waals surface area contributed by atoms with Crippen LogP contribution in [0.25, 0.3) is 0 Å². The first-order valence-electron chi connectivity index (χ1n) is 6.75. The molecular formula is C16H15BrN2O2. The summed E-state index contributed by atoms with van der Waals surface area (Å²) in [4.78, 5) is 14.3. The number of hydrogen-bond acceptors (Lipinski definition) is 3. The van der Waals surface area contributed by atoms with Crippen molar-refractivity contribution in [3.63, 3.8) is 0 Å². The summed E-state index contributed by atoms with van der Waals surface area (Å²) in [6.45, 7) is 1.61. The van der Waals surface area contributed by atoms with E-state index in [-0.39, 0.29) is 5.91 Å². The highest BCUT2D eigenvalue weighted by Crippen LogP contribution is 2.30. The third kappa shape index (κ3) is 3.19. The van der Waals surface area contributed by atoms with Crippen molar-refractivity contribution >= 4 is 33.2 Å². The van der Waals surface area contributed by atoms with Gasteiger partial charge in [-0.25, -0.2) is 0 Å². The number of nitrogens with zero attached hydrogens (tertiary/aromatic N) is 1. The van der Waals surface area contributed by atoms with Gasteiger partial charge in [0.05, 0.1) is 24.5 Å². The third-order valence-corrected chi connectivity index (χ3v) is 4.00. The Labute approximate surface area is 131 Å². The zero-order valence-corrected chi connectivity index (χ0v) is 13.0. The summed E-state index contributed by atoms with van der Waals surface area (Å²) < 4.78 is 6.47. The lowest BCUT2D eigenvalue weighted by Gasteiger charge is -2.30. The van der Waals surface area contributed by atoms with Crippen molar-refractivity contribution in [2.45, 2.75) is 0 Å². The lowest BCUT2D eigenvalue weighted by atomic mass is 10.2. The van der Waals surface area contributed by atoms with Gasteiger partial charge in [-0.15, -0.1) is 0 Å². The Kier molecular flexibility index (Phi) is 4.10. The van der Waals surface area contributed by atoms with Gasteiger partial charge in [0, 0.05) is 4.47 Å². The number of benzene rings is 2. The summed E-state index contributed by atoms with van der Waals surface area (Å²) >= 11 is 3.43. The predicted molar refractivity (Wildman–Crippen MR) is 86.9 cm³/mol. The van der Waals surface area contributed by atoms with Crippen LogP contribution in [0.2, 0.25) is 0 Å². The molecule has 3 rings (SSSR count). The Morgan fingerprint density at radius 1 is 1.19 bits per heavy atom. The number of carbonyl (C=O) groups excluding carboxylic acids is 1. The highest BCUT2D eigenvalue weighted by molar-refractivity contribution is 9.10. The van der Waals surface area contributed by atoms with Gasteiger partial charge in [0.2, 0.25) is 5.91 Å². The van der Waals surface area contributed by atoms with E-state index in [9.17, 15) is 4.79 Å². The van der Waals surface area contributed by atoms with Crippen LogP contribution < -0.4 is 15.0 Å². The molecule has 21 heavy (non-hydrogen) atoms. The average Bonchev–Trinajstić information content (AvgIpc) is 2.50. The van der Waals surface area contributed by atoms with Crippen molar-refractivity contribution in [1.82, 2.24) is 0 Å². The van der Waals surface area contributed by atoms with Crippen LogP contribution in [0.15, 0.2) is 53.0 Å². The SMILES string of the molecule is O=C(CN1CCOc2ccccc21)Nc1ccccc1Br. The monoisotopic (exact) mass is 346 g/mol. The normalized spacial score (nSPS) is 13.3. The number of ether oxygens (including phenoxy) is 1. The van der Waals surface area contributed by atoms with Crippen molar-refractivity contribution in [2.75, 3.05) is 29.9 Å². The summed E-state index contributed by atoms with van der Waals surface area (Å²) in [5, 5.41) is 2.92. The lowest BCUT2D eigenvalue weighted by molar-refractivity contribution is -0.115. The predicted octanol–water partition coefficient (Wildman–Crippen LogP) is 3.29. The molecule has 2 aromatic carbocycles. The first-order chi connectivity index (χ1) is 10.2. The van der Waals surface area contributed by atoms with Crippen molar-refractivity contribution in [3.8, 4) is 5.75 Å². The molecule has 108 valence electrons. The molecule has 0 atom stereocenters. The molecule has 0 aliphatic carbocycles. The largest absolute Gasteiger partial charge is 0.490 e. The summed E-state index contributed by atoms with van der Waals surface area (Å²) in [5.74, 6) is 0.788. The third-order valence-electron chi connectivity index (χ3n) is 3.31. The van der Waals surface area contributed by atoms with Gasteiger partial charge in [-0.2, -0.15) is 0 Å². The van der Waals surface area contributed by atoms with E-state index in [0.717, 1.165) is 21.6 Å². The van der Waals surface area contributed by atoms with Crippen molar-refractivity contribution in [1.29, 1.82) is 0 Å². The van der Waals surface area contributed by atoms with Crippen LogP contribution in [0.4, 0.5) is 11.4 Å². The van der Waals surface area contributed by atoms with Crippen molar-refractivity contribution in [2.24, 2.45) is 0 Å². The van der Waals surface area contributed by atoms with Crippen LogP contribution in [0, 0.1) is 0 Å². The Bertz CT molecular complexity index is 660. The fourth-order valence-corrected chi connectivity index (χ4v) is 2.70. The van der Waals surface area contributed by atoms with E-state index in [0.29, 0.717) is 19.7 Å². The maximum absolute atomic E-state index is 12.2. The summed E-state index contributed by atoms with van der Waals surface area (Å²) in [5.41, 5.74) is 1.75. The van der Waals surface area contributed by atoms with E-state index in [1.54, 1.807) is 0 Å². The van der Waals surface area contributed by atoms with Gasteiger partial charge in [-0.3, -0.25) is 4.79 Å². The topological polar surface area (TPSA) is 41.6 Å². The Morgan fingerprint density at radius 3 is 2.81 bits per heavy atom. The molecule has 0 bridgehead atoms. The second-order valence-electron chi connectivity index (χ2n) is 4.77. The van der Waals surface area contributed by atoms with Gasteiger partial charge >= 0.3 is 0 Å². The molecule has 1 amide bonds. The first kappa shape index (κ1) is 13.9. The summed E-state index contributed by atoms with van der Waals surface area (Å²) in [6.07, 6.45) is 0. The fraction of sp³-hybridized carbons (Fsp3) is 0.188.